The topological polar surface area (TPSA) is 89.6 Å². The molecule has 3 aliphatic heterocycles. The molecule has 0 bridgehead atoms. The van der Waals surface area contributed by atoms with Gasteiger partial charge in [0.1, 0.15) is 5.60 Å². The Kier molecular flexibility index (Phi) is 6.61. The first kappa shape index (κ1) is 23.5. The normalized spacial score (nSPS) is 25.4. The highest BCUT2D eigenvalue weighted by molar-refractivity contribution is 5.70. The Morgan fingerprint density at radius 2 is 1.88 bits per heavy atom. The van der Waals surface area contributed by atoms with E-state index >= 15 is 0 Å². The van der Waals surface area contributed by atoms with Gasteiger partial charge < -0.3 is 29.2 Å². The summed E-state index contributed by atoms with van der Waals surface area (Å²) in [6, 6.07) is 3.72. The average molecular weight is 462 g/mol. The summed E-state index contributed by atoms with van der Waals surface area (Å²) in [6.07, 6.45) is 1.53. The fourth-order valence-electron chi connectivity index (χ4n) is 5.14. The lowest BCUT2D eigenvalue weighted by Crippen LogP contribution is -2.64. The zero-order valence-corrected chi connectivity index (χ0v) is 20.2. The van der Waals surface area contributed by atoms with Gasteiger partial charge in [-0.1, -0.05) is 0 Å². The Morgan fingerprint density at radius 3 is 2.55 bits per heavy atom. The molecule has 2 amide bonds. The Labute approximate surface area is 195 Å². The molecule has 3 aliphatic rings. The van der Waals surface area contributed by atoms with Crippen molar-refractivity contribution in [1.29, 1.82) is 0 Å². The summed E-state index contributed by atoms with van der Waals surface area (Å²) in [5.41, 5.74) is 1.79. The number of amides is 2. The highest BCUT2D eigenvalue weighted by Crippen LogP contribution is 2.42. The van der Waals surface area contributed by atoms with Crippen molar-refractivity contribution in [3.8, 4) is 11.5 Å². The smallest absolute Gasteiger partial charge is 0.410 e. The number of fused-ring (bicyclic) bond motifs is 3. The number of nitrogens with one attached hydrogen (secondary N) is 1. The summed E-state index contributed by atoms with van der Waals surface area (Å²) in [6.45, 7) is 8.09. The second-order valence-corrected chi connectivity index (χ2v) is 9.88. The van der Waals surface area contributed by atoms with E-state index in [4.69, 9.17) is 18.9 Å². The van der Waals surface area contributed by atoms with E-state index in [9.17, 15) is 9.59 Å². The lowest BCUT2D eigenvalue weighted by atomic mass is 9.82. The van der Waals surface area contributed by atoms with Crippen molar-refractivity contribution in [2.75, 3.05) is 40.5 Å². The quantitative estimate of drug-likeness (QED) is 0.737. The van der Waals surface area contributed by atoms with Gasteiger partial charge in [-0.3, -0.25) is 4.90 Å². The molecule has 0 saturated carbocycles. The first-order valence-electron chi connectivity index (χ1n) is 11.6. The van der Waals surface area contributed by atoms with E-state index in [1.54, 1.807) is 19.1 Å². The van der Waals surface area contributed by atoms with E-state index in [0.717, 1.165) is 25.1 Å². The van der Waals surface area contributed by atoms with Crippen LogP contribution in [-0.2, 0) is 15.9 Å². The summed E-state index contributed by atoms with van der Waals surface area (Å²) in [5, 5.41) is 3.07. The van der Waals surface area contributed by atoms with Crippen LogP contribution < -0.4 is 14.8 Å². The predicted molar refractivity (Wildman–Crippen MR) is 122 cm³/mol. The Hall–Kier alpha value is -2.68. The molecule has 33 heavy (non-hydrogen) atoms. The summed E-state index contributed by atoms with van der Waals surface area (Å²) in [5.74, 6) is 1.41. The Bertz CT molecular complexity index is 899. The molecular weight excluding hydrogens is 426 g/mol. The van der Waals surface area contributed by atoms with E-state index in [-0.39, 0.29) is 24.2 Å². The molecule has 4 rings (SSSR count). The lowest BCUT2D eigenvalue weighted by molar-refractivity contribution is -0.00306. The van der Waals surface area contributed by atoms with Crippen LogP contribution in [0.5, 0.6) is 11.5 Å². The molecule has 1 aromatic carbocycles. The molecule has 3 unspecified atom stereocenters. The van der Waals surface area contributed by atoms with Crippen molar-refractivity contribution in [3.05, 3.63) is 23.3 Å². The predicted octanol–water partition coefficient (Wildman–Crippen LogP) is 3.11. The average Bonchev–Trinajstić information content (AvgIpc) is 2.76. The van der Waals surface area contributed by atoms with Crippen LogP contribution >= 0.6 is 0 Å². The number of carbonyl (C=O) groups is 2. The molecule has 2 saturated heterocycles. The summed E-state index contributed by atoms with van der Waals surface area (Å²) in [7, 11) is 3.28. The van der Waals surface area contributed by atoms with Crippen LogP contribution in [0.1, 0.15) is 50.8 Å². The van der Waals surface area contributed by atoms with Gasteiger partial charge in [0.2, 0.25) is 0 Å². The van der Waals surface area contributed by atoms with Gasteiger partial charge in [0.25, 0.3) is 0 Å². The van der Waals surface area contributed by atoms with Crippen LogP contribution in [0.2, 0.25) is 0 Å². The second kappa shape index (κ2) is 9.29. The monoisotopic (exact) mass is 461 g/mol. The van der Waals surface area contributed by atoms with Crippen LogP contribution in [-0.4, -0.2) is 80.1 Å². The maximum Gasteiger partial charge on any atom is 0.410 e. The van der Waals surface area contributed by atoms with Crippen molar-refractivity contribution in [3.63, 3.8) is 0 Å². The third kappa shape index (κ3) is 4.98. The second-order valence-electron chi connectivity index (χ2n) is 9.88. The molecule has 9 heteroatoms. The molecule has 0 radical (unpaired) electrons. The van der Waals surface area contributed by atoms with Crippen LogP contribution in [0.4, 0.5) is 9.59 Å². The minimum Gasteiger partial charge on any atom is -0.493 e. The number of ether oxygens (including phenoxy) is 4. The number of cyclic esters (lactones) is 1. The molecular formula is C24H35N3O6. The van der Waals surface area contributed by atoms with Crippen molar-refractivity contribution >= 4 is 12.2 Å². The number of carbonyl (C=O) groups excluding carboxylic acids is 2. The number of methoxy groups -OCH3 is 2. The minimum atomic E-state index is -0.605. The Balaban J connectivity index is 1.63. The number of piperidine rings is 1. The number of rotatable bonds is 4. The molecule has 182 valence electrons. The molecule has 0 aromatic heterocycles. The maximum absolute atomic E-state index is 12.7. The van der Waals surface area contributed by atoms with Crippen molar-refractivity contribution in [1.82, 2.24) is 15.1 Å². The van der Waals surface area contributed by atoms with Crippen LogP contribution in [0.3, 0.4) is 0 Å². The lowest BCUT2D eigenvalue weighted by Gasteiger charge is -2.50. The molecule has 2 fully saturated rings. The number of nitrogens with zero attached hydrogens (tertiary/aromatic N) is 2. The van der Waals surface area contributed by atoms with Gasteiger partial charge in [-0.25, -0.2) is 9.59 Å². The van der Waals surface area contributed by atoms with E-state index in [1.165, 1.54) is 11.1 Å². The van der Waals surface area contributed by atoms with E-state index in [0.29, 0.717) is 31.9 Å². The van der Waals surface area contributed by atoms with Crippen molar-refractivity contribution < 1.29 is 28.5 Å². The minimum absolute atomic E-state index is 0.0885. The van der Waals surface area contributed by atoms with Crippen molar-refractivity contribution in [2.24, 2.45) is 0 Å². The fourth-order valence-corrected chi connectivity index (χ4v) is 5.14. The standard InChI is InChI=1S/C24H35N3O6/c1-24(2,3)33-22(28)25-17-13-18-16-12-21(31-5)20(30-4)11-15(16)7-9-26(18)14-19(17)27-8-6-10-32-23(27)29/h11-12,17-19H,6-10,13-14H2,1-5H3,(H,25,28). The van der Waals surface area contributed by atoms with Gasteiger partial charge >= 0.3 is 12.2 Å². The van der Waals surface area contributed by atoms with Gasteiger partial charge in [-0.15, -0.1) is 0 Å². The molecule has 0 spiro atoms. The van der Waals surface area contributed by atoms with Crippen LogP contribution in [0.25, 0.3) is 0 Å². The summed E-state index contributed by atoms with van der Waals surface area (Å²) < 4.78 is 21.9. The number of alkyl carbamates (subject to hydrolysis) is 1. The molecule has 1 aromatic rings. The number of hydrogen-bond acceptors (Lipinski definition) is 7. The molecule has 0 aliphatic carbocycles. The van der Waals surface area contributed by atoms with E-state index < -0.39 is 11.7 Å². The largest absolute Gasteiger partial charge is 0.493 e. The number of benzene rings is 1. The van der Waals surface area contributed by atoms with Gasteiger partial charge in [-0.05, 0) is 63.3 Å². The molecule has 3 atom stereocenters. The number of hydrogen-bond donors (Lipinski definition) is 1. The van der Waals surface area contributed by atoms with Gasteiger partial charge in [0.15, 0.2) is 11.5 Å². The van der Waals surface area contributed by atoms with E-state index in [1.807, 2.05) is 26.8 Å². The maximum atomic E-state index is 12.7. The summed E-state index contributed by atoms with van der Waals surface area (Å²) >= 11 is 0. The van der Waals surface area contributed by atoms with Crippen molar-refractivity contribution in [2.45, 2.75) is 63.8 Å². The first-order chi connectivity index (χ1) is 15.7. The van der Waals surface area contributed by atoms with Gasteiger partial charge in [0.05, 0.1) is 32.9 Å². The highest BCUT2D eigenvalue weighted by atomic mass is 16.6. The van der Waals surface area contributed by atoms with Gasteiger partial charge in [0, 0.05) is 25.7 Å². The Morgan fingerprint density at radius 1 is 1.15 bits per heavy atom. The summed E-state index contributed by atoms with van der Waals surface area (Å²) in [4.78, 5) is 29.5. The first-order valence-corrected chi connectivity index (χ1v) is 11.6. The van der Waals surface area contributed by atoms with Gasteiger partial charge in [-0.2, -0.15) is 0 Å². The third-order valence-electron chi connectivity index (χ3n) is 6.58. The zero-order chi connectivity index (χ0) is 23.8. The molecule has 9 nitrogen and oxygen atoms in total. The van der Waals surface area contributed by atoms with Crippen LogP contribution in [0.15, 0.2) is 12.1 Å². The fraction of sp³-hybridized carbons (Fsp3) is 0.667. The molecule has 3 heterocycles. The third-order valence-corrected chi connectivity index (χ3v) is 6.58. The molecule has 1 N–H and O–H groups in total. The zero-order valence-electron chi connectivity index (χ0n) is 20.2. The van der Waals surface area contributed by atoms with E-state index in [2.05, 4.69) is 16.3 Å². The van der Waals surface area contributed by atoms with Crippen LogP contribution in [0, 0.1) is 0 Å². The highest BCUT2D eigenvalue weighted by Gasteiger charge is 2.44. The SMILES string of the molecule is COc1cc2c(cc1OC)C1CC(NC(=O)OC(C)(C)C)C(N3CCCOC3=O)CN1CC2.